The first kappa shape index (κ1) is 11.7. The Bertz CT molecular complexity index is 371. The lowest BCUT2D eigenvalue weighted by atomic mass is 10.0. The lowest BCUT2D eigenvalue weighted by Crippen LogP contribution is -2.21. The molecule has 16 heavy (non-hydrogen) atoms. The van der Waals surface area contributed by atoms with Crippen molar-refractivity contribution < 1.29 is 0 Å². The Morgan fingerprint density at radius 3 is 2.56 bits per heavy atom. The molecule has 2 atom stereocenters. The van der Waals surface area contributed by atoms with E-state index in [4.69, 9.17) is 17.3 Å². The highest BCUT2D eigenvalue weighted by Crippen LogP contribution is 2.27. The molecule has 4 heteroatoms. The van der Waals surface area contributed by atoms with Gasteiger partial charge in [-0.25, -0.2) is 4.98 Å². The molecule has 2 heterocycles. The normalized spacial score (nSPS) is 25.1. The van der Waals surface area contributed by atoms with Crippen molar-refractivity contribution in [2.24, 2.45) is 17.6 Å². The zero-order valence-electron chi connectivity index (χ0n) is 9.78. The van der Waals surface area contributed by atoms with Gasteiger partial charge in [-0.1, -0.05) is 25.4 Å². The van der Waals surface area contributed by atoms with Crippen LogP contribution in [0.2, 0.25) is 5.02 Å². The smallest absolute Gasteiger partial charge is 0.128 e. The van der Waals surface area contributed by atoms with Gasteiger partial charge in [0.1, 0.15) is 5.82 Å². The highest BCUT2D eigenvalue weighted by Gasteiger charge is 2.26. The van der Waals surface area contributed by atoms with E-state index in [-0.39, 0.29) is 0 Å². The number of hydrogen-bond donors (Lipinski definition) is 1. The van der Waals surface area contributed by atoms with Crippen LogP contribution in [0.15, 0.2) is 12.1 Å². The lowest BCUT2D eigenvalue weighted by Gasteiger charge is -2.18. The molecule has 1 saturated heterocycles. The summed E-state index contributed by atoms with van der Waals surface area (Å²) in [7, 11) is 0. The number of rotatable bonds is 2. The topological polar surface area (TPSA) is 42.1 Å². The quantitative estimate of drug-likeness (QED) is 0.861. The van der Waals surface area contributed by atoms with Gasteiger partial charge in [0.15, 0.2) is 0 Å². The second kappa shape index (κ2) is 4.60. The van der Waals surface area contributed by atoms with E-state index >= 15 is 0 Å². The number of aromatic nitrogens is 1. The summed E-state index contributed by atoms with van der Waals surface area (Å²) in [5, 5.41) is 0.659. The van der Waals surface area contributed by atoms with Crippen molar-refractivity contribution in [2.75, 3.05) is 18.0 Å². The molecule has 1 aliphatic heterocycles. The van der Waals surface area contributed by atoms with Crippen molar-refractivity contribution in [3.63, 3.8) is 0 Å². The maximum atomic E-state index is 6.00. The summed E-state index contributed by atoms with van der Waals surface area (Å²) in [4.78, 5) is 6.82. The molecule has 0 aliphatic carbocycles. The SMILES string of the molecule is CC1CN(c2ccc(Cl)c(CN)n2)CC1C. The maximum Gasteiger partial charge on any atom is 0.128 e. The van der Waals surface area contributed by atoms with Crippen molar-refractivity contribution in [3.05, 3.63) is 22.8 Å². The highest BCUT2D eigenvalue weighted by molar-refractivity contribution is 6.31. The number of nitrogens with zero attached hydrogens (tertiary/aromatic N) is 2. The van der Waals surface area contributed by atoms with Gasteiger partial charge in [-0.3, -0.25) is 0 Å². The van der Waals surface area contributed by atoms with E-state index in [1.807, 2.05) is 12.1 Å². The Labute approximate surface area is 102 Å². The highest BCUT2D eigenvalue weighted by atomic mass is 35.5. The largest absolute Gasteiger partial charge is 0.356 e. The van der Waals surface area contributed by atoms with Crippen molar-refractivity contribution in [1.29, 1.82) is 0 Å². The summed E-state index contributed by atoms with van der Waals surface area (Å²) in [6, 6.07) is 3.87. The molecule has 1 fully saturated rings. The van der Waals surface area contributed by atoms with E-state index in [2.05, 4.69) is 23.7 Å². The average molecular weight is 240 g/mol. The standard InChI is InChI=1S/C12H18ClN3/c1-8-6-16(7-9(8)2)12-4-3-10(13)11(5-14)15-12/h3-4,8-9H,5-7,14H2,1-2H3. The molecule has 0 spiro atoms. The number of hydrogen-bond acceptors (Lipinski definition) is 3. The van der Waals surface area contributed by atoms with Crippen LogP contribution in [-0.2, 0) is 6.54 Å². The maximum absolute atomic E-state index is 6.00. The van der Waals surface area contributed by atoms with Gasteiger partial charge in [-0.15, -0.1) is 0 Å². The van der Waals surface area contributed by atoms with Crippen LogP contribution in [0.4, 0.5) is 5.82 Å². The van der Waals surface area contributed by atoms with Gasteiger partial charge >= 0.3 is 0 Å². The number of anilines is 1. The fourth-order valence-electron chi connectivity index (χ4n) is 2.11. The number of nitrogens with two attached hydrogens (primary N) is 1. The summed E-state index contributed by atoms with van der Waals surface area (Å²) in [6.45, 7) is 7.10. The summed E-state index contributed by atoms with van der Waals surface area (Å²) < 4.78 is 0. The van der Waals surface area contributed by atoms with E-state index in [1.165, 1.54) is 0 Å². The Balaban J connectivity index is 2.22. The minimum atomic E-state index is 0.394. The Morgan fingerprint density at radius 1 is 1.38 bits per heavy atom. The first-order chi connectivity index (χ1) is 7.61. The lowest BCUT2D eigenvalue weighted by molar-refractivity contribution is 0.494. The van der Waals surface area contributed by atoms with Gasteiger partial charge < -0.3 is 10.6 Å². The first-order valence-corrected chi connectivity index (χ1v) is 6.10. The van der Waals surface area contributed by atoms with Crippen LogP contribution >= 0.6 is 11.6 Å². The monoisotopic (exact) mass is 239 g/mol. The molecule has 0 radical (unpaired) electrons. The van der Waals surface area contributed by atoms with Crippen molar-refractivity contribution >= 4 is 17.4 Å². The Morgan fingerprint density at radius 2 is 2.00 bits per heavy atom. The third-order valence-electron chi connectivity index (χ3n) is 3.41. The molecular weight excluding hydrogens is 222 g/mol. The molecule has 2 rings (SSSR count). The third-order valence-corrected chi connectivity index (χ3v) is 3.75. The average Bonchev–Trinajstić information content (AvgIpc) is 2.60. The second-order valence-corrected chi connectivity index (χ2v) is 5.07. The predicted octanol–water partition coefficient (Wildman–Crippen LogP) is 2.29. The fraction of sp³-hybridized carbons (Fsp3) is 0.583. The summed E-state index contributed by atoms with van der Waals surface area (Å²) in [5.41, 5.74) is 6.39. The summed E-state index contributed by atoms with van der Waals surface area (Å²) >= 11 is 6.00. The van der Waals surface area contributed by atoms with Crippen molar-refractivity contribution in [3.8, 4) is 0 Å². The molecule has 0 bridgehead atoms. The van der Waals surface area contributed by atoms with Crippen LogP contribution in [0, 0.1) is 11.8 Å². The van der Waals surface area contributed by atoms with E-state index in [9.17, 15) is 0 Å². The van der Waals surface area contributed by atoms with Crippen LogP contribution in [-0.4, -0.2) is 18.1 Å². The van der Waals surface area contributed by atoms with Gasteiger partial charge in [0, 0.05) is 19.6 Å². The second-order valence-electron chi connectivity index (χ2n) is 4.66. The molecule has 2 unspecified atom stereocenters. The van der Waals surface area contributed by atoms with E-state index in [0.717, 1.165) is 36.4 Å². The zero-order chi connectivity index (χ0) is 11.7. The molecule has 3 nitrogen and oxygen atoms in total. The molecule has 0 aromatic carbocycles. The van der Waals surface area contributed by atoms with E-state index in [0.29, 0.717) is 11.6 Å². The molecule has 0 amide bonds. The molecule has 88 valence electrons. The number of pyridine rings is 1. The van der Waals surface area contributed by atoms with Gasteiger partial charge in [-0.05, 0) is 24.0 Å². The van der Waals surface area contributed by atoms with Crippen molar-refractivity contribution in [2.45, 2.75) is 20.4 Å². The van der Waals surface area contributed by atoms with E-state index in [1.54, 1.807) is 0 Å². The molecular formula is C12H18ClN3. The minimum absolute atomic E-state index is 0.394. The molecule has 2 N–H and O–H groups in total. The van der Waals surface area contributed by atoms with Crippen LogP contribution < -0.4 is 10.6 Å². The molecule has 1 aromatic heterocycles. The van der Waals surface area contributed by atoms with Gasteiger partial charge in [0.2, 0.25) is 0 Å². The van der Waals surface area contributed by atoms with Gasteiger partial charge in [-0.2, -0.15) is 0 Å². The van der Waals surface area contributed by atoms with Crippen LogP contribution in [0.5, 0.6) is 0 Å². The van der Waals surface area contributed by atoms with Crippen LogP contribution in [0.1, 0.15) is 19.5 Å². The van der Waals surface area contributed by atoms with Crippen molar-refractivity contribution in [1.82, 2.24) is 4.98 Å². The zero-order valence-corrected chi connectivity index (χ0v) is 10.5. The molecule has 0 saturated carbocycles. The molecule has 1 aliphatic rings. The predicted molar refractivity (Wildman–Crippen MR) is 67.7 cm³/mol. The Hall–Kier alpha value is -0.800. The van der Waals surface area contributed by atoms with Crippen LogP contribution in [0.3, 0.4) is 0 Å². The Kier molecular flexibility index (Phi) is 3.36. The fourth-order valence-corrected chi connectivity index (χ4v) is 2.29. The van der Waals surface area contributed by atoms with Crippen LogP contribution in [0.25, 0.3) is 0 Å². The minimum Gasteiger partial charge on any atom is -0.356 e. The van der Waals surface area contributed by atoms with Gasteiger partial charge in [0.25, 0.3) is 0 Å². The first-order valence-electron chi connectivity index (χ1n) is 5.72. The summed E-state index contributed by atoms with van der Waals surface area (Å²) in [5.74, 6) is 2.44. The van der Waals surface area contributed by atoms with E-state index < -0.39 is 0 Å². The third kappa shape index (κ3) is 2.15. The van der Waals surface area contributed by atoms with Gasteiger partial charge in [0.05, 0.1) is 10.7 Å². The molecule has 1 aromatic rings. The summed E-state index contributed by atoms with van der Waals surface area (Å²) in [6.07, 6.45) is 0. The number of halogens is 1.